The summed E-state index contributed by atoms with van der Waals surface area (Å²) in [4.78, 5) is 30.4. The molecule has 0 aromatic carbocycles. The van der Waals surface area contributed by atoms with E-state index in [0.29, 0.717) is 5.76 Å². The molecule has 0 aliphatic rings. The first kappa shape index (κ1) is 12.7. The van der Waals surface area contributed by atoms with Crippen LogP contribution in [-0.2, 0) is 7.05 Å². The fraction of sp³-hybridized carbons (Fsp3) is 0.0769. The highest BCUT2D eigenvalue weighted by atomic mass is 16.3. The number of anilines is 1. The molecule has 3 aromatic rings. The van der Waals surface area contributed by atoms with Crippen LogP contribution in [0.2, 0.25) is 0 Å². The van der Waals surface area contributed by atoms with Crippen LogP contribution in [0.15, 0.2) is 32.4 Å². The predicted octanol–water partition coefficient (Wildman–Crippen LogP) is 0.336. The summed E-state index contributed by atoms with van der Waals surface area (Å²) >= 11 is 0. The lowest BCUT2D eigenvalue weighted by Crippen LogP contribution is -2.33. The quantitative estimate of drug-likeness (QED) is 0.661. The van der Waals surface area contributed by atoms with Gasteiger partial charge in [-0.05, 0) is 12.1 Å². The van der Waals surface area contributed by atoms with Crippen LogP contribution in [0, 0.1) is 11.3 Å². The largest absolute Gasteiger partial charge is 0.464 e. The molecule has 0 spiro atoms. The van der Waals surface area contributed by atoms with Crippen molar-refractivity contribution < 1.29 is 4.42 Å². The topological polar surface area (TPSA) is 131 Å². The van der Waals surface area contributed by atoms with Crippen LogP contribution in [0.25, 0.3) is 22.4 Å². The molecule has 0 unspecified atom stereocenters. The second-order valence-corrected chi connectivity index (χ2v) is 4.35. The van der Waals surface area contributed by atoms with Crippen LogP contribution in [0.5, 0.6) is 0 Å². The third-order valence-corrected chi connectivity index (χ3v) is 3.15. The molecule has 21 heavy (non-hydrogen) atoms. The van der Waals surface area contributed by atoms with E-state index in [1.165, 1.54) is 13.3 Å². The number of nitrogens with two attached hydrogens (primary N) is 1. The number of nitrogens with zero attached hydrogens (tertiary/aromatic N) is 3. The fourth-order valence-electron chi connectivity index (χ4n) is 2.13. The van der Waals surface area contributed by atoms with E-state index in [9.17, 15) is 14.9 Å². The van der Waals surface area contributed by atoms with Gasteiger partial charge in [-0.2, -0.15) is 5.26 Å². The number of pyridine rings is 1. The number of furan rings is 1. The number of H-pyrrole nitrogens is 1. The van der Waals surface area contributed by atoms with Gasteiger partial charge in [-0.3, -0.25) is 14.3 Å². The molecule has 0 aliphatic carbocycles. The first-order valence-corrected chi connectivity index (χ1v) is 5.91. The van der Waals surface area contributed by atoms with E-state index in [1.807, 2.05) is 6.07 Å². The van der Waals surface area contributed by atoms with Gasteiger partial charge >= 0.3 is 5.69 Å². The van der Waals surface area contributed by atoms with Crippen LogP contribution in [0.4, 0.5) is 5.82 Å². The van der Waals surface area contributed by atoms with Crippen molar-refractivity contribution in [1.82, 2.24) is 14.5 Å². The SMILES string of the molecule is Cn1c(=O)[nH]c2nc(N)c(C#N)c(-c3ccco3)c2c1=O. The Labute approximate surface area is 117 Å². The first-order chi connectivity index (χ1) is 10.0. The van der Waals surface area contributed by atoms with E-state index in [2.05, 4.69) is 9.97 Å². The van der Waals surface area contributed by atoms with Gasteiger partial charge in [-0.25, -0.2) is 9.78 Å². The van der Waals surface area contributed by atoms with E-state index in [0.717, 1.165) is 4.57 Å². The highest BCUT2D eigenvalue weighted by Crippen LogP contribution is 2.31. The number of nitrogen functional groups attached to an aromatic ring is 1. The predicted molar refractivity (Wildman–Crippen MR) is 74.4 cm³/mol. The molecule has 3 N–H and O–H groups in total. The summed E-state index contributed by atoms with van der Waals surface area (Å²) in [5.74, 6) is 0.218. The Hall–Kier alpha value is -3.34. The summed E-state index contributed by atoms with van der Waals surface area (Å²) in [5, 5.41) is 9.36. The number of fused-ring (bicyclic) bond motifs is 1. The van der Waals surface area contributed by atoms with E-state index < -0.39 is 11.2 Å². The van der Waals surface area contributed by atoms with E-state index in [-0.39, 0.29) is 28.0 Å². The minimum Gasteiger partial charge on any atom is -0.464 e. The Morgan fingerprint density at radius 1 is 1.48 bits per heavy atom. The number of hydrogen-bond donors (Lipinski definition) is 2. The number of nitriles is 1. The molecule has 3 aromatic heterocycles. The summed E-state index contributed by atoms with van der Waals surface area (Å²) in [6, 6.07) is 5.13. The van der Waals surface area contributed by atoms with E-state index in [4.69, 9.17) is 10.2 Å². The highest BCUT2D eigenvalue weighted by molar-refractivity contribution is 5.96. The average Bonchev–Trinajstić information content (AvgIpc) is 2.97. The zero-order chi connectivity index (χ0) is 15.1. The van der Waals surface area contributed by atoms with Crippen molar-refractivity contribution in [3.05, 3.63) is 44.8 Å². The smallest absolute Gasteiger partial charge is 0.329 e. The van der Waals surface area contributed by atoms with Gasteiger partial charge in [0.2, 0.25) is 0 Å². The van der Waals surface area contributed by atoms with Gasteiger partial charge < -0.3 is 10.2 Å². The molecule has 3 heterocycles. The van der Waals surface area contributed by atoms with Crippen LogP contribution < -0.4 is 17.0 Å². The van der Waals surface area contributed by atoms with Crippen LogP contribution in [-0.4, -0.2) is 14.5 Å². The van der Waals surface area contributed by atoms with E-state index in [1.54, 1.807) is 12.1 Å². The van der Waals surface area contributed by atoms with Gasteiger partial charge in [0.15, 0.2) is 0 Å². The fourth-order valence-corrected chi connectivity index (χ4v) is 2.13. The van der Waals surface area contributed by atoms with Crippen molar-refractivity contribution in [1.29, 1.82) is 5.26 Å². The molecule has 0 aliphatic heterocycles. The molecule has 8 heteroatoms. The molecule has 0 amide bonds. The molecule has 0 saturated carbocycles. The summed E-state index contributed by atoms with van der Waals surface area (Å²) < 4.78 is 6.17. The summed E-state index contributed by atoms with van der Waals surface area (Å²) in [6.07, 6.45) is 1.41. The molecule has 104 valence electrons. The van der Waals surface area contributed by atoms with E-state index >= 15 is 0 Å². The lowest BCUT2D eigenvalue weighted by Gasteiger charge is -2.08. The van der Waals surface area contributed by atoms with Crippen molar-refractivity contribution in [2.24, 2.45) is 7.05 Å². The zero-order valence-corrected chi connectivity index (χ0v) is 10.9. The van der Waals surface area contributed by atoms with Crippen LogP contribution >= 0.6 is 0 Å². The third-order valence-electron chi connectivity index (χ3n) is 3.15. The number of aromatic nitrogens is 3. The summed E-state index contributed by atoms with van der Waals surface area (Å²) in [7, 11) is 1.33. The molecule has 0 saturated heterocycles. The zero-order valence-electron chi connectivity index (χ0n) is 10.9. The van der Waals surface area contributed by atoms with Gasteiger partial charge in [0.1, 0.15) is 28.9 Å². The van der Waals surface area contributed by atoms with Crippen molar-refractivity contribution >= 4 is 16.9 Å². The Kier molecular flexibility index (Phi) is 2.62. The third kappa shape index (κ3) is 1.72. The van der Waals surface area contributed by atoms with Crippen molar-refractivity contribution in [3.63, 3.8) is 0 Å². The monoisotopic (exact) mass is 283 g/mol. The van der Waals surface area contributed by atoms with Gasteiger partial charge in [-0.1, -0.05) is 0 Å². The second-order valence-electron chi connectivity index (χ2n) is 4.35. The summed E-state index contributed by atoms with van der Waals surface area (Å²) in [5.41, 5.74) is 4.81. The molecule has 0 bridgehead atoms. The number of hydrogen-bond acceptors (Lipinski definition) is 6. The number of rotatable bonds is 1. The Balaban J connectivity index is 2.66. The van der Waals surface area contributed by atoms with Gasteiger partial charge in [-0.15, -0.1) is 0 Å². The molecule has 8 nitrogen and oxygen atoms in total. The minimum absolute atomic E-state index is 0.0194. The molecule has 0 radical (unpaired) electrons. The maximum Gasteiger partial charge on any atom is 0.329 e. The normalized spacial score (nSPS) is 10.7. The maximum atomic E-state index is 12.4. The lowest BCUT2D eigenvalue weighted by atomic mass is 10.0. The van der Waals surface area contributed by atoms with Gasteiger partial charge in [0.25, 0.3) is 5.56 Å². The van der Waals surface area contributed by atoms with Crippen molar-refractivity contribution in [2.45, 2.75) is 0 Å². The summed E-state index contributed by atoms with van der Waals surface area (Å²) in [6.45, 7) is 0. The molecule has 3 rings (SSSR count). The molecule has 0 atom stereocenters. The lowest BCUT2D eigenvalue weighted by molar-refractivity contribution is 0.582. The average molecular weight is 283 g/mol. The van der Waals surface area contributed by atoms with Gasteiger partial charge in [0, 0.05) is 7.05 Å². The maximum absolute atomic E-state index is 12.4. The number of nitrogens with one attached hydrogen (secondary N) is 1. The van der Waals surface area contributed by atoms with Gasteiger partial charge in [0.05, 0.1) is 17.2 Å². The molecule has 0 fully saturated rings. The second kappa shape index (κ2) is 4.35. The van der Waals surface area contributed by atoms with Crippen LogP contribution in [0.1, 0.15) is 5.56 Å². The Morgan fingerprint density at radius 3 is 2.86 bits per heavy atom. The standard InChI is InChI=1S/C13H9N5O3/c1-18-12(19)9-8(7-3-2-4-21-7)6(5-14)10(15)16-11(9)17-13(18)20/h2-4H,1H3,(H3,15,16,17,20). The highest BCUT2D eigenvalue weighted by Gasteiger charge is 2.21. The molecular formula is C13H9N5O3. The minimum atomic E-state index is -0.616. The van der Waals surface area contributed by atoms with Crippen molar-refractivity contribution in [3.8, 4) is 17.4 Å². The Bertz CT molecular complexity index is 1010. The molecular weight excluding hydrogens is 274 g/mol. The van der Waals surface area contributed by atoms with Crippen molar-refractivity contribution in [2.75, 3.05) is 5.73 Å². The van der Waals surface area contributed by atoms with Crippen LogP contribution in [0.3, 0.4) is 0 Å². The first-order valence-electron chi connectivity index (χ1n) is 5.91. The number of aromatic amines is 1. The Morgan fingerprint density at radius 2 is 2.24 bits per heavy atom.